The van der Waals surface area contributed by atoms with Crippen molar-refractivity contribution in [1.82, 2.24) is 4.98 Å². The fraction of sp³-hybridized carbons (Fsp3) is 0.0455. The number of carbonyl (C=O) groups is 2. The van der Waals surface area contributed by atoms with Gasteiger partial charge in [0.05, 0.1) is 28.6 Å². The SMILES string of the molecule is COC(=O)c1ccc(Cl)cc1NC(=O)Nc1ccc(-c2nc3ccccc3s2)cc1. The van der Waals surface area contributed by atoms with Crippen LogP contribution in [0, 0.1) is 0 Å². The Hall–Kier alpha value is -3.42. The van der Waals surface area contributed by atoms with E-state index < -0.39 is 12.0 Å². The third-order valence-electron chi connectivity index (χ3n) is 4.32. The van der Waals surface area contributed by atoms with Gasteiger partial charge in [-0.3, -0.25) is 0 Å². The van der Waals surface area contributed by atoms with E-state index in [1.54, 1.807) is 29.5 Å². The van der Waals surface area contributed by atoms with Crippen LogP contribution in [0.2, 0.25) is 5.02 Å². The molecule has 0 atom stereocenters. The van der Waals surface area contributed by atoms with E-state index in [1.807, 2.05) is 36.4 Å². The summed E-state index contributed by atoms with van der Waals surface area (Å²) in [7, 11) is 1.27. The number of hydrogen-bond acceptors (Lipinski definition) is 5. The number of aromatic nitrogens is 1. The summed E-state index contributed by atoms with van der Waals surface area (Å²) < 4.78 is 5.86. The molecule has 6 nitrogen and oxygen atoms in total. The average Bonchev–Trinajstić information content (AvgIpc) is 3.18. The number of carbonyl (C=O) groups excluding carboxylic acids is 2. The lowest BCUT2D eigenvalue weighted by molar-refractivity contribution is 0.0602. The maximum atomic E-state index is 12.4. The van der Waals surface area contributed by atoms with Gasteiger partial charge in [-0.1, -0.05) is 23.7 Å². The predicted octanol–water partition coefficient (Wildman–Crippen LogP) is 6.05. The number of esters is 1. The van der Waals surface area contributed by atoms with Gasteiger partial charge in [0.2, 0.25) is 0 Å². The van der Waals surface area contributed by atoms with Crippen molar-refractivity contribution in [2.45, 2.75) is 0 Å². The second-order valence-corrected chi connectivity index (χ2v) is 7.79. The van der Waals surface area contributed by atoms with Crippen LogP contribution >= 0.6 is 22.9 Å². The highest BCUT2D eigenvalue weighted by molar-refractivity contribution is 7.21. The number of benzene rings is 3. The van der Waals surface area contributed by atoms with Crippen molar-refractivity contribution in [3.8, 4) is 10.6 Å². The number of fused-ring (bicyclic) bond motifs is 1. The molecule has 0 radical (unpaired) electrons. The van der Waals surface area contributed by atoms with E-state index in [0.29, 0.717) is 10.7 Å². The molecule has 150 valence electrons. The van der Waals surface area contributed by atoms with Crippen molar-refractivity contribution in [3.63, 3.8) is 0 Å². The van der Waals surface area contributed by atoms with Crippen LogP contribution in [0.5, 0.6) is 0 Å². The number of anilines is 2. The molecule has 0 bridgehead atoms. The molecule has 0 aliphatic rings. The lowest BCUT2D eigenvalue weighted by Crippen LogP contribution is -2.21. The van der Waals surface area contributed by atoms with Gasteiger partial charge in [-0.15, -0.1) is 11.3 Å². The molecule has 0 saturated carbocycles. The van der Waals surface area contributed by atoms with Gasteiger partial charge in [0, 0.05) is 16.3 Å². The first-order chi connectivity index (χ1) is 14.5. The standard InChI is InChI=1S/C22H16ClN3O3S/c1-29-21(27)16-11-8-14(23)12-18(16)26-22(28)24-15-9-6-13(7-10-15)20-25-17-4-2-3-5-19(17)30-20/h2-12H,1H3,(H2,24,26,28). The molecule has 2 N–H and O–H groups in total. The topological polar surface area (TPSA) is 80.3 Å². The molecule has 0 unspecified atom stereocenters. The summed E-state index contributed by atoms with van der Waals surface area (Å²) in [4.78, 5) is 28.9. The Balaban J connectivity index is 1.48. The van der Waals surface area contributed by atoms with Crippen LogP contribution in [0.25, 0.3) is 20.8 Å². The molecule has 4 rings (SSSR count). The van der Waals surface area contributed by atoms with Gasteiger partial charge in [-0.2, -0.15) is 0 Å². The number of halogens is 1. The molecule has 2 amide bonds. The second kappa shape index (κ2) is 8.52. The number of urea groups is 1. The van der Waals surface area contributed by atoms with Crippen molar-refractivity contribution in [3.05, 3.63) is 77.3 Å². The maximum Gasteiger partial charge on any atom is 0.339 e. The minimum Gasteiger partial charge on any atom is -0.465 e. The number of nitrogens with one attached hydrogen (secondary N) is 2. The third kappa shape index (κ3) is 4.27. The van der Waals surface area contributed by atoms with Gasteiger partial charge in [-0.25, -0.2) is 14.6 Å². The van der Waals surface area contributed by atoms with Gasteiger partial charge >= 0.3 is 12.0 Å². The van der Waals surface area contributed by atoms with E-state index in [1.165, 1.54) is 19.2 Å². The van der Waals surface area contributed by atoms with Gasteiger partial charge in [0.15, 0.2) is 0 Å². The molecule has 0 aliphatic heterocycles. The number of thiazole rings is 1. The van der Waals surface area contributed by atoms with E-state index in [0.717, 1.165) is 20.8 Å². The highest BCUT2D eigenvalue weighted by Gasteiger charge is 2.15. The lowest BCUT2D eigenvalue weighted by atomic mass is 10.2. The molecule has 1 aromatic heterocycles. The Kier molecular flexibility index (Phi) is 5.65. The Morgan fingerprint density at radius 1 is 1.00 bits per heavy atom. The molecular formula is C22H16ClN3O3S. The number of para-hydroxylation sites is 1. The molecule has 4 aromatic rings. The predicted molar refractivity (Wildman–Crippen MR) is 120 cm³/mol. The van der Waals surface area contributed by atoms with Crippen LogP contribution in [0.15, 0.2) is 66.7 Å². The number of rotatable bonds is 4. The van der Waals surface area contributed by atoms with E-state index >= 15 is 0 Å². The maximum absolute atomic E-state index is 12.4. The number of amides is 2. The van der Waals surface area contributed by atoms with Crippen LogP contribution < -0.4 is 10.6 Å². The third-order valence-corrected chi connectivity index (χ3v) is 5.64. The molecule has 8 heteroatoms. The molecular weight excluding hydrogens is 422 g/mol. The summed E-state index contributed by atoms with van der Waals surface area (Å²) in [6, 6.07) is 19.4. The van der Waals surface area contributed by atoms with E-state index in [-0.39, 0.29) is 11.3 Å². The highest BCUT2D eigenvalue weighted by atomic mass is 35.5. The van der Waals surface area contributed by atoms with E-state index in [2.05, 4.69) is 15.6 Å². The molecule has 1 heterocycles. The molecule has 30 heavy (non-hydrogen) atoms. The average molecular weight is 438 g/mol. The Labute approximate surface area is 181 Å². The van der Waals surface area contributed by atoms with Crippen LogP contribution in [0.3, 0.4) is 0 Å². The first-order valence-electron chi connectivity index (χ1n) is 8.95. The molecule has 0 aliphatic carbocycles. The van der Waals surface area contributed by atoms with Crippen LogP contribution in [-0.2, 0) is 4.74 Å². The summed E-state index contributed by atoms with van der Waals surface area (Å²) in [5, 5.41) is 6.67. The van der Waals surface area contributed by atoms with Crippen LogP contribution in [0.4, 0.5) is 16.2 Å². The molecule has 3 aromatic carbocycles. The number of ether oxygens (including phenoxy) is 1. The van der Waals surface area contributed by atoms with Crippen molar-refractivity contribution in [1.29, 1.82) is 0 Å². The largest absolute Gasteiger partial charge is 0.465 e. The number of nitrogens with zero attached hydrogens (tertiary/aromatic N) is 1. The minimum absolute atomic E-state index is 0.211. The zero-order chi connectivity index (χ0) is 21.1. The number of hydrogen-bond donors (Lipinski definition) is 2. The fourth-order valence-electron chi connectivity index (χ4n) is 2.88. The summed E-state index contributed by atoms with van der Waals surface area (Å²) in [6.07, 6.45) is 0. The van der Waals surface area contributed by atoms with Gasteiger partial charge < -0.3 is 15.4 Å². The zero-order valence-electron chi connectivity index (χ0n) is 15.8. The normalized spacial score (nSPS) is 10.6. The van der Waals surface area contributed by atoms with Crippen molar-refractivity contribution >= 4 is 56.5 Å². The van der Waals surface area contributed by atoms with Gasteiger partial charge in [0.25, 0.3) is 0 Å². The molecule has 0 saturated heterocycles. The fourth-order valence-corrected chi connectivity index (χ4v) is 4.03. The first kappa shape index (κ1) is 19.9. The molecule has 0 spiro atoms. The quantitative estimate of drug-likeness (QED) is 0.381. The van der Waals surface area contributed by atoms with E-state index in [9.17, 15) is 9.59 Å². The van der Waals surface area contributed by atoms with Crippen molar-refractivity contribution in [2.75, 3.05) is 17.7 Å². The smallest absolute Gasteiger partial charge is 0.339 e. The van der Waals surface area contributed by atoms with Gasteiger partial charge in [-0.05, 0) is 54.6 Å². The summed E-state index contributed by atoms with van der Waals surface area (Å²) in [5.74, 6) is -0.567. The second-order valence-electron chi connectivity index (χ2n) is 6.32. The summed E-state index contributed by atoms with van der Waals surface area (Å²) in [5.41, 5.74) is 2.99. The first-order valence-corrected chi connectivity index (χ1v) is 10.1. The Morgan fingerprint density at radius 2 is 1.77 bits per heavy atom. The van der Waals surface area contributed by atoms with Gasteiger partial charge in [0.1, 0.15) is 5.01 Å². The molecule has 0 fully saturated rings. The monoisotopic (exact) mass is 437 g/mol. The Bertz CT molecular complexity index is 1210. The van der Waals surface area contributed by atoms with Crippen molar-refractivity contribution in [2.24, 2.45) is 0 Å². The lowest BCUT2D eigenvalue weighted by Gasteiger charge is -2.11. The van der Waals surface area contributed by atoms with Crippen molar-refractivity contribution < 1.29 is 14.3 Å². The van der Waals surface area contributed by atoms with E-state index in [4.69, 9.17) is 16.3 Å². The van der Waals surface area contributed by atoms with Crippen LogP contribution in [0.1, 0.15) is 10.4 Å². The Morgan fingerprint density at radius 3 is 2.50 bits per heavy atom. The highest BCUT2D eigenvalue weighted by Crippen LogP contribution is 2.30. The van der Waals surface area contributed by atoms with Crippen LogP contribution in [-0.4, -0.2) is 24.1 Å². The zero-order valence-corrected chi connectivity index (χ0v) is 17.4. The summed E-state index contributed by atoms with van der Waals surface area (Å²) >= 11 is 7.60. The number of methoxy groups -OCH3 is 1. The minimum atomic E-state index is -0.567. The summed E-state index contributed by atoms with van der Waals surface area (Å²) in [6.45, 7) is 0.